The van der Waals surface area contributed by atoms with Gasteiger partial charge >= 0.3 is 0 Å². The molecular weight excluding hydrogens is 431 g/mol. The lowest BCUT2D eigenvalue weighted by atomic mass is 10.2. The third kappa shape index (κ3) is 3.37. The quantitative estimate of drug-likeness (QED) is 0.574. The number of benzene rings is 2. The summed E-state index contributed by atoms with van der Waals surface area (Å²) in [5.74, 6) is -0.0983. The average molecular weight is 443 g/mol. The van der Waals surface area contributed by atoms with Gasteiger partial charge in [0.05, 0.1) is 5.02 Å². The number of amides is 1. The maximum atomic E-state index is 12.2. The van der Waals surface area contributed by atoms with E-state index in [2.05, 4.69) is 37.2 Å². The molecule has 3 nitrogen and oxygen atoms in total. The Bertz CT molecular complexity index is 860. The number of carbonyl (C=O) groups is 1. The molecule has 112 valence electrons. The van der Waals surface area contributed by atoms with E-state index in [-0.39, 0.29) is 12.5 Å². The maximum Gasteiger partial charge on any atom is 0.244 e. The first-order valence-corrected chi connectivity index (χ1v) is 8.48. The van der Waals surface area contributed by atoms with E-state index in [1.165, 1.54) is 0 Å². The monoisotopic (exact) mass is 440 g/mol. The molecule has 22 heavy (non-hydrogen) atoms. The van der Waals surface area contributed by atoms with Crippen LogP contribution in [0.25, 0.3) is 10.9 Å². The van der Waals surface area contributed by atoms with Crippen molar-refractivity contribution in [3.63, 3.8) is 0 Å². The molecule has 0 fully saturated rings. The lowest BCUT2D eigenvalue weighted by Crippen LogP contribution is -2.18. The highest BCUT2D eigenvalue weighted by molar-refractivity contribution is 9.10. The second kappa shape index (κ2) is 6.44. The van der Waals surface area contributed by atoms with Crippen LogP contribution in [-0.2, 0) is 11.3 Å². The molecule has 0 aliphatic carbocycles. The van der Waals surface area contributed by atoms with E-state index >= 15 is 0 Å². The highest BCUT2D eigenvalue weighted by Gasteiger charge is 2.08. The van der Waals surface area contributed by atoms with E-state index in [0.29, 0.717) is 10.7 Å². The number of hydrogen-bond donors (Lipinski definition) is 1. The zero-order chi connectivity index (χ0) is 15.7. The van der Waals surface area contributed by atoms with Crippen LogP contribution in [0.2, 0.25) is 5.02 Å². The summed E-state index contributed by atoms with van der Waals surface area (Å²) in [6, 6.07) is 13.3. The third-order valence-electron chi connectivity index (χ3n) is 3.25. The second-order valence-electron chi connectivity index (χ2n) is 4.82. The largest absolute Gasteiger partial charge is 0.338 e. The standard InChI is InChI=1S/C16H11Br2ClN2O/c17-11-1-4-15-10(7-11)5-6-21(15)9-16(22)20-12-2-3-13(18)14(19)8-12/h1-8H,9H2,(H,20,22). The molecule has 1 aromatic heterocycles. The highest BCUT2D eigenvalue weighted by Crippen LogP contribution is 2.25. The SMILES string of the molecule is O=C(Cn1ccc2cc(Br)ccc21)Nc1ccc(Br)c(Cl)c1. The molecule has 0 bridgehead atoms. The van der Waals surface area contributed by atoms with E-state index in [1.54, 1.807) is 18.2 Å². The Hall–Kier alpha value is -1.30. The van der Waals surface area contributed by atoms with Gasteiger partial charge in [-0.15, -0.1) is 0 Å². The molecule has 0 spiro atoms. The van der Waals surface area contributed by atoms with Crippen LogP contribution in [0.5, 0.6) is 0 Å². The van der Waals surface area contributed by atoms with E-state index in [0.717, 1.165) is 19.8 Å². The molecule has 6 heteroatoms. The van der Waals surface area contributed by atoms with Crippen molar-refractivity contribution in [1.29, 1.82) is 0 Å². The molecule has 0 unspecified atom stereocenters. The fourth-order valence-corrected chi connectivity index (χ4v) is 3.04. The second-order valence-corrected chi connectivity index (χ2v) is 7.00. The summed E-state index contributed by atoms with van der Waals surface area (Å²) in [6.45, 7) is 0.249. The fraction of sp³-hybridized carbons (Fsp3) is 0.0625. The van der Waals surface area contributed by atoms with Crippen molar-refractivity contribution in [2.45, 2.75) is 6.54 Å². The van der Waals surface area contributed by atoms with Gasteiger partial charge in [0.25, 0.3) is 0 Å². The van der Waals surface area contributed by atoms with Crippen molar-refractivity contribution in [2.24, 2.45) is 0 Å². The van der Waals surface area contributed by atoms with Gasteiger partial charge in [-0.05, 0) is 58.4 Å². The Labute approximate surface area is 149 Å². The van der Waals surface area contributed by atoms with Gasteiger partial charge in [-0.1, -0.05) is 27.5 Å². The minimum absolute atomic E-state index is 0.0983. The number of hydrogen-bond acceptors (Lipinski definition) is 1. The van der Waals surface area contributed by atoms with Gasteiger partial charge in [0.15, 0.2) is 0 Å². The number of halogens is 3. The van der Waals surface area contributed by atoms with Crippen LogP contribution in [0.4, 0.5) is 5.69 Å². The molecular formula is C16H11Br2ClN2O. The smallest absolute Gasteiger partial charge is 0.244 e. The molecule has 3 rings (SSSR count). The van der Waals surface area contributed by atoms with Gasteiger partial charge < -0.3 is 9.88 Å². The van der Waals surface area contributed by atoms with Crippen LogP contribution in [0.15, 0.2) is 57.6 Å². The Kier molecular flexibility index (Phi) is 4.57. The number of nitrogens with zero attached hydrogens (tertiary/aromatic N) is 1. The number of nitrogens with one attached hydrogen (secondary N) is 1. The van der Waals surface area contributed by atoms with Gasteiger partial charge in [-0.2, -0.15) is 0 Å². The Morgan fingerprint density at radius 2 is 1.95 bits per heavy atom. The molecule has 1 heterocycles. The first kappa shape index (κ1) is 15.6. The van der Waals surface area contributed by atoms with Gasteiger partial charge in [-0.3, -0.25) is 4.79 Å². The van der Waals surface area contributed by atoms with E-state index in [4.69, 9.17) is 11.6 Å². The van der Waals surface area contributed by atoms with Crippen LogP contribution in [0.1, 0.15) is 0 Å². The van der Waals surface area contributed by atoms with Crippen molar-refractivity contribution >= 4 is 66.0 Å². The molecule has 0 aliphatic heterocycles. The van der Waals surface area contributed by atoms with Gasteiger partial charge in [0.2, 0.25) is 5.91 Å². The third-order valence-corrected chi connectivity index (χ3v) is 4.98. The lowest BCUT2D eigenvalue weighted by Gasteiger charge is -2.08. The predicted molar refractivity (Wildman–Crippen MR) is 97.4 cm³/mol. The number of fused-ring (bicyclic) bond motifs is 1. The Morgan fingerprint density at radius 1 is 1.14 bits per heavy atom. The average Bonchev–Trinajstić information content (AvgIpc) is 2.85. The minimum Gasteiger partial charge on any atom is -0.338 e. The molecule has 1 N–H and O–H groups in total. The molecule has 1 amide bonds. The van der Waals surface area contributed by atoms with Crippen molar-refractivity contribution in [3.05, 3.63) is 62.6 Å². The zero-order valence-corrected chi connectivity index (χ0v) is 15.2. The molecule has 0 atom stereocenters. The number of anilines is 1. The summed E-state index contributed by atoms with van der Waals surface area (Å²) >= 11 is 12.8. The lowest BCUT2D eigenvalue weighted by molar-refractivity contribution is -0.116. The summed E-state index contributed by atoms with van der Waals surface area (Å²) in [7, 11) is 0. The topological polar surface area (TPSA) is 34.0 Å². The summed E-state index contributed by atoms with van der Waals surface area (Å²) < 4.78 is 3.73. The molecule has 0 radical (unpaired) electrons. The van der Waals surface area contributed by atoms with Crippen LogP contribution < -0.4 is 5.32 Å². The van der Waals surface area contributed by atoms with E-state index in [1.807, 2.05) is 35.0 Å². The molecule has 0 saturated carbocycles. The van der Waals surface area contributed by atoms with E-state index in [9.17, 15) is 4.79 Å². The number of rotatable bonds is 3. The first-order valence-electron chi connectivity index (χ1n) is 6.52. The van der Waals surface area contributed by atoms with Gasteiger partial charge in [0.1, 0.15) is 6.54 Å². The van der Waals surface area contributed by atoms with Crippen LogP contribution in [0, 0.1) is 0 Å². The van der Waals surface area contributed by atoms with Crippen LogP contribution in [0.3, 0.4) is 0 Å². The van der Waals surface area contributed by atoms with E-state index < -0.39 is 0 Å². The Balaban J connectivity index is 1.76. The normalized spacial score (nSPS) is 10.9. The van der Waals surface area contributed by atoms with Crippen molar-refractivity contribution in [2.75, 3.05) is 5.32 Å². The van der Waals surface area contributed by atoms with Crippen LogP contribution in [-0.4, -0.2) is 10.5 Å². The summed E-state index contributed by atoms with van der Waals surface area (Å²) in [5.41, 5.74) is 1.70. The highest BCUT2D eigenvalue weighted by atomic mass is 79.9. The first-order chi connectivity index (χ1) is 10.5. The molecule has 2 aromatic carbocycles. The minimum atomic E-state index is -0.0983. The maximum absolute atomic E-state index is 12.2. The molecule has 0 aliphatic rings. The zero-order valence-electron chi connectivity index (χ0n) is 11.3. The molecule has 3 aromatic rings. The van der Waals surface area contributed by atoms with Gasteiger partial charge in [-0.25, -0.2) is 0 Å². The fourth-order valence-electron chi connectivity index (χ4n) is 2.24. The number of aromatic nitrogens is 1. The van der Waals surface area contributed by atoms with Crippen LogP contribution >= 0.6 is 43.5 Å². The Morgan fingerprint density at radius 3 is 2.73 bits per heavy atom. The number of carbonyl (C=O) groups excluding carboxylic acids is 1. The summed E-state index contributed by atoms with van der Waals surface area (Å²) in [5, 5.41) is 4.51. The van der Waals surface area contributed by atoms with Crippen molar-refractivity contribution in [1.82, 2.24) is 4.57 Å². The summed E-state index contributed by atoms with van der Waals surface area (Å²) in [4.78, 5) is 12.2. The predicted octanol–water partition coefficient (Wildman–Crippen LogP) is 5.46. The summed E-state index contributed by atoms with van der Waals surface area (Å²) in [6.07, 6.45) is 1.91. The van der Waals surface area contributed by atoms with Crippen molar-refractivity contribution < 1.29 is 4.79 Å². The molecule has 0 saturated heterocycles. The van der Waals surface area contributed by atoms with Crippen molar-refractivity contribution in [3.8, 4) is 0 Å². The van der Waals surface area contributed by atoms with Gasteiger partial charge in [0, 0.05) is 31.7 Å².